The lowest BCUT2D eigenvalue weighted by Gasteiger charge is -2.29. The van der Waals surface area contributed by atoms with Gasteiger partial charge < -0.3 is 9.13 Å². The van der Waals surface area contributed by atoms with Gasteiger partial charge in [0, 0.05) is 45.0 Å². The highest BCUT2D eigenvalue weighted by Crippen LogP contribution is 2.46. The molecule has 2 atom stereocenters. The summed E-state index contributed by atoms with van der Waals surface area (Å²) in [5, 5.41) is 5.42. The number of aromatic nitrogens is 2. The topological polar surface area (TPSA) is 9.86 Å². The van der Waals surface area contributed by atoms with Crippen LogP contribution in [0.3, 0.4) is 0 Å². The second kappa shape index (κ2) is 7.01. The lowest BCUT2D eigenvalue weighted by molar-refractivity contribution is -0.168. The van der Waals surface area contributed by atoms with Gasteiger partial charge in [0.1, 0.15) is 0 Å². The first-order valence-electron chi connectivity index (χ1n) is 11.7. The first-order chi connectivity index (χ1) is 16.9. The molecule has 2 nitrogen and oxygen atoms in total. The number of halogens is 3. The standard InChI is InChI=1S/C30H21F3N2/c1-18-23(30(31,32)33)10-6-11-24(18)35-25-12-5-7-19-13-14-22-28(27(19)25)26(35)17-20-15-16-34(29(20)22)21-8-3-2-4-9-21/h2-18,23H,1H3. The zero-order valence-corrected chi connectivity index (χ0v) is 18.9. The molecule has 1 aliphatic rings. The van der Waals surface area contributed by atoms with Crippen molar-refractivity contribution in [2.24, 2.45) is 11.8 Å². The molecule has 7 rings (SSSR count). The molecule has 2 unspecified atom stereocenters. The number of benzene rings is 4. The predicted molar refractivity (Wildman–Crippen MR) is 137 cm³/mol. The smallest absolute Gasteiger partial charge is 0.316 e. The molecule has 0 radical (unpaired) electrons. The second-order valence-corrected chi connectivity index (χ2v) is 9.39. The number of hydrogen-bond donors (Lipinski definition) is 0. The van der Waals surface area contributed by atoms with Crippen molar-refractivity contribution < 1.29 is 13.2 Å². The highest BCUT2D eigenvalue weighted by atomic mass is 19.4. The van der Waals surface area contributed by atoms with E-state index in [9.17, 15) is 13.2 Å². The molecule has 0 amide bonds. The normalized spacial score (nSPS) is 18.9. The molecule has 0 fully saturated rings. The minimum atomic E-state index is -4.29. The Labute approximate surface area is 199 Å². The third-order valence-corrected chi connectivity index (χ3v) is 7.49. The third-order valence-electron chi connectivity index (χ3n) is 7.49. The predicted octanol–water partition coefficient (Wildman–Crippen LogP) is 8.55. The Bertz CT molecular complexity index is 1800. The average molecular weight is 467 g/mol. The van der Waals surface area contributed by atoms with Crippen LogP contribution < -0.4 is 0 Å². The molecule has 6 aromatic rings. The fourth-order valence-corrected chi connectivity index (χ4v) is 5.91. The molecule has 2 aromatic heterocycles. The van der Waals surface area contributed by atoms with E-state index in [1.54, 1.807) is 13.0 Å². The first-order valence-corrected chi connectivity index (χ1v) is 11.7. The van der Waals surface area contributed by atoms with Crippen LogP contribution in [0.1, 0.15) is 6.92 Å². The van der Waals surface area contributed by atoms with Crippen LogP contribution in [0.4, 0.5) is 13.2 Å². The van der Waals surface area contributed by atoms with Crippen molar-refractivity contribution in [3.63, 3.8) is 0 Å². The number of fused-ring (bicyclic) bond motifs is 2. The van der Waals surface area contributed by atoms with E-state index in [0.29, 0.717) is 5.70 Å². The van der Waals surface area contributed by atoms with E-state index in [2.05, 4.69) is 57.8 Å². The maximum absolute atomic E-state index is 13.8. The van der Waals surface area contributed by atoms with Gasteiger partial charge in [-0.3, -0.25) is 0 Å². The van der Waals surface area contributed by atoms with Crippen LogP contribution >= 0.6 is 0 Å². The van der Waals surface area contributed by atoms with Crippen LogP contribution in [0.25, 0.3) is 54.9 Å². The lowest BCUT2D eigenvalue weighted by Crippen LogP contribution is -2.30. The molecule has 5 heteroatoms. The highest BCUT2D eigenvalue weighted by Gasteiger charge is 2.44. The van der Waals surface area contributed by atoms with E-state index in [-0.39, 0.29) is 0 Å². The van der Waals surface area contributed by atoms with Gasteiger partial charge >= 0.3 is 6.18 Å². The van der Waals surface area contributed by atoms with Gasteiger partial charge in [0.25, 0.3) is 0 Å². The zero-order valence-electron chi connectivity index (χ0n) is 18.9. The van der Waals surface area contributed by atoms with Crippen molar-refractivity contribution in [3.8, 4) is 5.69 Å². The van der Waals surface area contributed by atoms with Gasteiger partial charge in [0.05, 0.1) is 22.5 Å². The maximum atomic E-state index is 13.8. The summed E-state index contributed by atoms with van der Waals surface area (Å²) in [5.41, 5.74) is 4.73. The van der Waals surface area contributed by atoms with Gasteiger partial charge in [0.2, 0.25) is 0 Å². The van der Waals surface area contributed by atoms with E-state index in [1.165, 1.54) is 6.08 Å². The molecule has 2 heterocycles. The number of hydrogen-bond acceptors (Lipinski definition) is 0. The molecule has 0 saturated heterocycles. The summed E-state index contributed by atoms with van der Waals surface area (Å²) in [7, 11) is 0. The molecule has 172 valence electrons. The van der Waals surface area contributed by atoms with Crippen LogP contribution in [0, 0.1) is 11.8 Å². The van der Waals surface area contributed by atoms with Gasteiger partial charge in [-0.2, -0.15) is 13.2 Å². The van der Waals surface area contributed by atoms with Gasteiger partial charge in [-0.15, -0.1) is 0 Å². The summed E-state index contributed by atoms with van der Waals surface area (Å²) >= 11 is 0. The van der Waals surface area contributed by atoms with E-state index >= 15 is 0 Å². The first kappa shape index (κ1) is 20.4. The Morgan fingerprint density at radius 2 is 1.63 bits per heavy atom. The highest BCUT2D eigenvalue weighted by molar-refractivity contribution is 6.29. The lowest BCUT2D eigenvalue weighted by atomic mass is 9.86. The molecule has 4 aromatic carbocycles. The fraction of sp³-hybridized carbons (Fsp3) is 0.133. The molecule has 0 aliphatic heterocycles. The number of para-hydroxylation sites is 1. The van der Waals surface area contributed by atoms with Crippen molar-refractivity contribution in [3.05, 3.63) is 97.2 Å². The molecule has 0 bridgehead atoms. The quantitative estimate of drug-likeness (QED) is 0.226. The monoisotopic (exact) mass is 466 g/mol. The average Bonchev–Trinajstić information content (AvgIpc) is 3.42. The van der Waals surface area contributed by atoms with E-state index in [4.69, 9.17) is 0 Å². The SMILES string of the molecule is CC1C(n2c3cccc4ccc5c(c43)c2cc2ccn(-c3ccccc3)c25)=CC=CC1C(F)(F)F. The maximum Gasteiger partial charge on any atom is 0.395 e. The third kappa shape index (κ3) is 2.78. The summed E-state index contributed by atoms with van der Waals surface area (Å²) in [6.45, 7) is 1.68. The summed E-state index contributed by atoms with van der Waals surface area (Å²) in [5.74, 6) is -2.21. The van der Waals surface area contributed by atoms with Crippen molar-refractivity contribution in [1.29, 1.82) is 0 Å². The Morgan fingerprint density at radius 3 is 2.43 bits per heavy atom. The molecule has 1 aliphatic carbocycles. The largest absolute Gasteiger partial charge is 0.395 e. The van der Waals surface area contributed by atoms with Crippen LogP contribution in [-0.4, -0.2) is 15.3 Å². The molecule has 35 heavy (non-hydrogen) atoms. The number of alkyl halides is 3. The van der Waals surface area contributed by atoms with Crippen LogP contribution in [0.2, 0.25) is 0 Å². The second-order valence-electron chi connectivity index (χ2n) is 9.39. The van der Waals surface area contributed by atoms with Gasteiger partial charge in [-0.05, 0) is 41.8 Å². The van der Waals surface area contributed by atoms with Crippen molar-refractivity contribution in [2.75, 3.05) is 0 Å². The molecule has 0 N–H and O–H groups in total. The van der Waals surface area contributed by atoms with Crippen molar-refractivity contribution in [1.82, 2.24) is 9.13 Å². The Balaban J connectivity index is 1.59. The fourth-order valence-electron chi connectivity index (χ4n) is 5.91. The Morgan fingerprint density at radius 1 is 0.800 bits per heavy atom. The van der Waals surface area contributed by atoms with Gasteiger partial charge in [0.15, 0.2) is 0 Å². The van der Waals surface area contributed by atoms with E-state index < -0.39 is 18.0 Å². The minimum Gasteiger partial charge on any atom is -0.316 e. The summed E-state index contributed by atoms with van der Waals surface area (Å²) in [6.07, 6.45) is 2.44. The number of nitrogens with zero attached hydrogens (tertiary/aromatic N) is 2. The molecular weight excluding hydrogens is 445 g/mol. The summed E-state index contributed by atoms with van der Waals surface area (Å²) in [6, 6.07) is 24.8. The van der Waals surface area contributed by atoms with Crippen LogP contribution in [0.15, 0.2) is 97.2 Å². The molecular formula is C30H21F3N2. The minimum absolute atomic E-state index is 0.668. The van der Waals surface area contributed by atoms with E-state index in [1.807, 2.05) is 36.4 Å². The van der Waals surface area contributed by atoms with Crippen molar-refractivity contribution >= 4 is 49.2 Å². The molecule has 0 saturated carbocycles. The summed E-state index contributed by atoms with van der Waals surface area (Å²) in [4.78, 5) is 0. The van der Waals surface area contributed by atoms with Crippen LogP contribution in [0.5, 0.6) is 0 Å². The summed E-state index contributed by atoms with van der Waals surface area (Å²) < 4.78 is 45.8. The van der Waals surface area contributed by atoms with Crippen LogP contribution in [-0.2, 0) is 0 Å². The Kier molecular flexibility index (Phi) is 4.09. The van der Waals surface area contributed by atoms with Gasteiger partial charge in [-0.1, -0.05) is 61.5 Å². The zero-order chi connectivity index (χ0) is 23.9. The molecule has 0 spiro atoms. The number of allylic oxidation sites excluding steroid dienone is 4. The number of rotatable bonds is 2. The van der Waals surface area contributed by atoms with Gasteiger partial charge in [-0.25, -0.2) is 0 Å². The van der Waals surface area contributed by atoms with Crippen molar-refractivity contribution in [2.45, 2.75) is 13.1 Å². The Hall–Kier alpha value is -3.99. The van der Waals surface area contributed by atoms with E-state index in [0.717, 1.165) is 49.2 Å².